The van der Waals surface area contributed by atoms with Crippen LogP contribution in [0.3, 0.4) is 0 Å². The standard InChI is InChI=1S/C16H18ClN3/c17-14-13(9-18)1-2-19-15(14)20-16-6-10-3-11(7-16)5-12(4-10)8-16/h1-2,10-12H,3-8H2,(H,19,20). The van der Waals surface area contributed by atoms with Crippen LogP contribution in [0.5, 0.6) is 0 Å². The Bertz CT molecular complexity index is 555. The predicted molar refractivity (Wildman–Crippen MR) is 78.5 cm³/mol. The van der Waals surface area contributed by atoms with Crippen LogP contribution >= 0.6 is 11.6 Å². The van der Waals surface area contributed by atoms with Gasteiger partial charge < -0.3 is 5.32 Å². The normalized spacial score (nSPS) is 37.7. The van der Waals surface area contributed by atoms with E-state index < -0.39 is 0 Å². The summed E-state index contributed by atoms with van der Waals surface area (Å²) in [5, 5.41) is 13.2. The van der Waals surface area contributed by atoms with E-state index in [0.29, 0.717) is 16.4 Å². The third kappa shape index (κ3) is 1.90. The molecule has 0 amide bonds. The molecule has 104 valence electrons. The van der Waals surface area contributed by atoms with Gasteiger partial charge in [-0.25, -0.2) is 4.98 Å². The highest BCUT2D eigenvalue weighted by Crippen LogP contribution is 2.56. The molecule has 1 aromatic heterocycles. The minimum absolute atomic E-state index is 0.180. The van der Waals surface area contributed by atoms with Gasteiger partial charge in [0.05, 0.1) is 5.56 Å². The van der Waals surface area contributed by atoms with E-state index in [1.54, 1.807) is 12.3 Å². The lowest BCUT2D eigenvalue weighted by molar-refractivity contribution is 0.0105. The molecule has 0 spiro atoms. The molecule has 4 saturated carbocycles. The first kappa shape index (κ1) is 12.5. The summed E-state index contributed by atoms with van der Waals surface area (Å²) in [4.78, 5) is 4.37. The summed E-state index contributed by atoms with van der Waals surface area (Å²) in [6.45, 7) is 0. The summed E-state index contributed by atoms with van der Waals surface area (Å²) in [5.74, 6) is 3.35. The highest BCUT2D eigenvalue weighted by Gasteiger charge is 2.51. The monoisotopic (exact) mass is 287 g/mol. The summed E-state index contributed by atoms with van der Waals surface area (Å²) < 4.78 is 0. The predicted octanol–water partition coefficient (Wildman–Crippen LogP) is 3.99. The molecule has 0 radical (unpaired) electrons. The van der Waals surface area contributed by atoms with Crippen molar-refractivity contribution in [3.05, 3.63) is 22.8 Å². The van der Waals surface area contributed by atoms with Crippen LogP contribution < -0.4 is 5.32 Å². The number of halogens is 1. The molecule has 1 N–H and O–H groups in total. The number of nitrogens with zero attached hydrogens (tertiary/aromatic N) is 2. The van der Waals surface area contributed by atoms with E-state index in [1.807, 2.05) is 0 Å². The number of nitrogens with one attached hydrogen (secondary N) is 1. The molecule has 0 atom stereocenters. The van der Waals surface area contributed by atoms with E-state index in [9.17, 15) is 0 Å². The molecule has 4 aliphatic rings. The Kier molecular flexibility index (Phi) is 2.72. The average Bonchev–Trinajstić information content (AvgIpc) is 2.39. The van der Waals surface area contributed by atoms with Gasteiger partial charge in [0.1, 0.15) is 16.9 Å². The van der Waals surface area contributed by atoms with Crippen LogP contribution in [-0.2, 0) is 0 Å². The second kappa shape index (κ2) is 4.36. The van der Waals surface area contributed by atoms with Crippen molar-refractivity contribution in [2.24, 2.45) is 17.8 Å². The van der Waals surface area contributed by atoms with Gasteiger partial charge in [-0.3, -0.25) is 0 Å². The van der Waals surface area contributed by atoms with Gasteiger partial charge in [-0.2, -0.15) is 5.26 Å². The number of pyridine rings is 1. The fourth-order valence-electron chi connectivity index (χ4n) is 5.13. The third-order valence-corrected chi connectivity index (χ3v) is 5.81. The van der Waals surface area contributed by atoms with Crippen LogP contribution in [0.4, 0.5) is 5.82 Å². The van der Waals surface area contributed by atoms with Crippen molar-refractivity contribution in [2.75, 3.05) is 5.32 Å². The Labute approximate surface area is 124 Å². The largest absolute Gasteiger partial charge is 0.363 e. The number of aromatic nitrogens is 1. The fraction of sp³-hybridized carbons (Fsp3) is 0.625. The molecule has 5 rings (SSSR count). The molecule has 0 aliphatic heterocycles. The summed E-state index contributed by atoms with van der Waals surface area (Å²) in [6.07, 6.45) is 9.66. The Morgan fingerprint density at radius 1 is 1.20 bits per heavy atom. The SMILES string of the molecule is N#Cc1ccnc(NC23CC4CC(CC(C4)C2)C3)c1Cl. The molecule has 4 heteroatoms. The molecule has 20 heavy (non-hydrogen) atoms. The summed E-state index contributed by atoms with van der Waals surface area (Å²) >= 11 is 6.30. The first-order chi connectivity index (χ1) is 9.67. The Hall–Kier alpha value is -1.27. The van der Waals surface area contributed by atoms with Crippen LogP contribution in [0.25, 0.3) is 0 Å². The minimum atomic E-state index is 0.180. The second-order valence-corrected chi connectivity index (χ2v) is 7.33. The highest BCUT2D eigenvalue weighted by molar-refractivity contribution is 6.34. The molecular formula is C16H18ClN3. The highest BCUT2D eigenvalue weighted by atomic mass is 35.5. The van der Waals surface area contributed by atoms with E-state index in [0.717, 1.165) is 17.8 Å². The molecule has 4 aliphatic carbocycles. The molecule has 4 bridgehead atoms. The molecule has 3 nitrogen and oxygen atoms in total. The molecule has 1 aromatic rings. The van der Waals surface area contributed by atoms with Crippen molar-refractivity contribution in [2.45, 2.75) is 44.1 Å². The van der Waals surface area contributed by atoms with Crippen molar-refractivity contribution < 1.29 is 0 Å². The topological polar surface area (TPSA) is 48.7 Å². The van der Waals surface area contributed by atoms with Gasteiger partial charge in [-0.1, -0.05) is 11.6 Å². The van der Waals surface area contributed by atoms with Crippen molar-refractivity contribution in [1.29, 1.82) is 5.26 Å². The van der Waals surface area contributed by atoms with Gasteiger partial charge in [-0.15, -0.1) is 0 Å². The Morgan fingerprint density at radius 2 is 1.80 bits per heavy atom. The van der Waals surface area contributed by atoms with Crippen molar-refractivity contribution in [3.8, 4) is 6.07 Å². The van der Waals surface area contributed by atoms with Gasteiger partial charge >= 0.3 is 0 Å². The zero-order chi connectivity index (χ0) is 13.7. The van der Waals surface area contributed by atoms with E-state index in [-0.39, 0.29) is 5.54 Å². The smallest absolute Gasteiger partial charge is 0.146 e. The van der Waals surface area contributed by atoms with E-state index in [1.165, 1.54) is 38.5 Å². The molecule has 0 aromatic carbocycles. The van der Waals surface area contributed by atoms with Crippen molar-refractivity contribution in [3.63, 3.8) is 0 Å². The lowest BCUT2D eigenvalue weighted by Crippen LogP contribution is -2.54. The van der Waals surface area contributed by atoms with Gasteiger partial charge in [0, 0.05) is 11.7 Å². The maximum Gasteiger partial charge on any atom is 0.146 e. The Morgan fingerprint density at radius 3 is 2.35 bits per heavy atom. The number of hydrogen-bond donors (Lipinski definition) is 1. The minimum Gasteiger partial charge on any atom is -0.363 e. The maximum atomic E-state index is 9.08. The molecule has 0 saturated heterocycles. The van der Waals surface area contributed by atoms with E-state index in [4.69, 9.17) is 16.9 Å². The molecule has 4 fully saturated rings. The van der Waals surface area contributed by atoms with E-state index >= 15 is 0 Å². The maximum absolute atomic E-state index is 9.08. The summed E-state index contributed by atoms with van der Waals surface area (Å²) in [7, 11) is 0. The average molecular weight is 288 g/mol. The van der Waals surface area contributed by atoms with Gasteiger partial charge in [-0.05, 0) is 62.3 Å². The molecule has 1 heterocycles. The van der Waals surface area contributed by atoms with Crippen LogP contribution in [0.1, 0.15) is 44.1 Å². The van der Waals surface area contributed by atoms with Gasteiger partial charge in [0.2, 0.25) is 0 Å². The van der Waals surface area contributed by atoms with Crippen LogP contribution in [0.15, 0.2) is 12.3 Å². The lowest BCUT2D eigenvalue weighted by atomic mass is 9.53. The van der Waals surface area contributed by atoms with Gasteiger partial charge in [0.25, 0.3) is 0 Å². The molecule has 0 unspecified atom stereocenters. The van der Waals surface area contributed by atoms with Crippen molar-refractivity contribution >= 4 is 17.4 Å². The van der Waals surface area contributed by atoms with Crippen LogP contribution in [-0.4, -0.2) is 10.5 Å². The van der Waals surface area contributed by atoms with E-state index in [2.05, 4.69) is 16.4 Å². The first-order valence-electron chi connectivity index (χ1n) is 7.50. The lowest BCUT2D eigenvalue weighted by Gasteiger charge is -2.57. The first-order valence-corrected chi connectivity index (χ1v) is 7.88. The quantitative estimate of drug-likeness (QED) is 0.895. The Balaban J connectivity index is 1.65. The van der Waals surface area contributed by atoms with Gasteiger partial charge in [0.15, 0.2) is 0 Å². The van der Waals surface area contributed by atoms with Crippen LogP contribution in [0.2, 0.25) is 5.02 Å². The number of rotatable bonds is 2. The number of anilines is 1. The zero-order valence-electron chi connectivity index (χ0n) is 11.4. The number of nitriles is 1. The third-order valence-electron chi connectivity index (χ3n) is 5.43. The zero-order valence-corrected chi connectivity index (χ0v) is 12.2. The summed E-state index contributed by atoms with van der Waals surface area (Å²) in [6, 6.07) is 3.81. The van der Waals surface area contributed by atoms with Crippen molar-refractivity contribution in [1.82, 2.24) is 4.98 Å². The summed E-state index contributed by atoms with van der Waals surface area (Å²) in [5.41, 5.74) is 0.688. The molecular weight excluding hydrogens is 270 g/mol. The fourth-order valence-corrected chi connectivity index (χ4v) is 5.33. The van der Waals surface area contributed by atoms with Crippen LogP contribution in [0, 0.1) is 29.1 Å². The number of hydrogen-bond acceptors (Lipinski definition) is 3. The second-order valence-electron chi connectivity index (χ2n) is 6.96.